The van der Waals surface area contributed by atoms with Gasteiger partial charge in [0, 0.05) is 29.6 Å². The maximum Gasteiger partial charge on any atom is 0.0981 e. The number of nitrogens with zero attached hydrogens (tertiary/aromatic N) is 1. The van der Waals surface area contributed by atoms with Gasteiger partial charge in [-0.1, -0.05) is 45.0 Å². The molecule has 0 atom stereocenters. The molecule has 2 N–H and O–H groups in total. The van der Waals surface area contributed by atoms with E-state index in [1.807, 2.05) is 30.5 Å². The number of hydrogen-bond acceptors (Lipinski definition) is 4. The molecule has 1 aromatic heterocycles. The van der Waals surface area contributed by atoms with E-state index in [0.717, 1.165) is 24.2 Å². The van der Waals surface area contributed by atoms with E-state index in [4.69, 9.17) is 0 Å². The van der Waals surface area contributed by atoms with Crippen LogP contribution < -0.4 is 5.32 Å². The summed E-state index contributed by atoms with van der Waals surface area (Å²) >= 11 is 1.76. The highest BCUT2D eigenvalue weighted by molar-refractivity contribution is 7.11. The highest BCUT2D eigenvalue weighted by Crippen LogP contribution is 2.26. The molecule has 2 rings (SSSR count). The second kappa shape index (κ2) is 6.48. The van der Waals surface area contributed by atoms with Gasteiger partial charge in [0.2, 0.25) is 0 Å². The van der Waals surface area contributed by atoms with E-state index < -0.39 is 0 Å². The number of rotatable bonds is 5. The predicted octanol–water partition coefficient (Wildman–Crippen LogP) is 3.22. The van der Waals surface area contributed by atoms with Gasteiger partial charge in [0.05, 0.1) is 11.6 Å². The largest absolute Gasteiger partial charge is 0.392 e. The number of nitrogens with one attached hydrogen (secondary N) is 1. The molecule has 108 valence electrons. The Morgan fingerprint density at radius 1 is 1.15 bits per heavy atom. The summed E-state index contributed by atoms with van der Waals surface area (Å²) in [6, 6.07) is 7.96. The van der Waals surface area contributed by atoms with Crippen molar-refractivity contribution in [1.82, 2.24) is 10.3 Å². The summed E-state index contributed by atoms with van der Waals surface area (Å²) in [5, 5.41) is 13.9. The van der Waals surface area contributed by atoms with E-state index in [9.17, 15) is 5.11 Å². The number of aliphatic hydroxyl groups is 1. The molecule has 0 radical (unpaired) electrons. The molecule has 0 saturated carbocycles. The maximum atomic E-state index is 9.29. The highest BCUT2D eigenvalue weighted by Gasteiger charge is 2.17. The third-order valence-electron chi connectivity index (χ3n) is 3.10. The molecule has 1 aromatic carbocycles. The van der Waals surface area contributed by atoms with Crippen LogP contribution in [0.4, 0.5) is 0 Å². The molecule has 0 amide bonds. The van der Waals surface area contributed by atoms with Crippen LogP contribution in [0, 0.1) is 0 Å². The first-order chi connectivity index (χ1) is 9.50. The molecule has 0 spiro atoms. The number of aliphatic hydroxyl groups excluding tert-OH is 1. The Bertz CT molecular complexity index is 558. The SMILES string of the molecule is CC(C)(C)c1ncc(CNCc2ccccc2CO)s1. The molecule has 2 aromatic rings. The van der Waals surface area contributed by atoms with Crippen LogP contribution in [0.3, 0.4) is 0 Å². The summed E-state index contributed by atoms with van der Waals surface area (Å²) in [6.07, 6.45) is 1.95. The summed E-state index contributed by atoms with van der Waals surface area (Å²) in [7, 11) is 0. The molecule has 0 saturated heterocycles. The van der Waals surface area contributed by atoms with Crippen molar-refractivity contribution in [3.63, 3.8) is 0 Å². The summed E-state index contributed by atoms with van der Waals surface area (Å²) in [4.78, 5) is 5.73. The van der Waals surface area contributed by atoms with Crippen LogP contribution in [0.2, 0.25) is 0 Å². The number of aromatic nitrogens is 1. The van der Waals surface area contributed by atoms with Crippen molar-refractivity contribution < 1.29 is 5.11 Å². The number of hydrogen-bond donors (Lipinski definition) is 2. The molecule has 20 heavy (non-hydrogen) atoms. The highest BCUT2D eigenvalue weighted by atomic mass is 32.1. The lowest BCUT2D eigenvalue weighted by atomic mass is 9.98. The van der Waals surface area contributed by atoms with Gasteiger partial charge in [-0.25, -0.2) is 4.98 Å². The van der Waals surface area contributed by atoms with E-state index in [-0.39, 0.29) is 12.0 Å². The van der Waals surface area contributed by atoms with Crippen LogP contribution >= 0.6 is 11.3 Å². The Kier molecular flexibility index (Phi) is 4.91. The minimum Gasteiger partial charge on any atom is -0.392 e. The van der Waals surface area contributed by atoms with Crippen molar-refractivity contribution in [2.24, 2.45) is 0 Å². The fourth-order valence-electron chi connectivity index (χ4n) is 1.94. The topological polar surface area (TPSA) is 45.2 Å². The molecule has 1 heterocycles. The molecule has 3 nitrogen and oxygen atoms in total. The van der Waals surface area contributed by atoms with Gasteiger partial charge in [0.15, 0.2) is 0 Å². The van der Waals surface area contributed by atoms with Gasteiger partial charge in [-0.05, 0) is 11.1 Å². The third-order valence-corrected chi connectivity index (χ3v) is 4.52. The Morgan fingerprint density at radius 2 is 1.85 bits per heavy atom. The van der Waals surface area contributed by atoms with Gasteiger partial charge in [0.1, 0.15) is 0 Å². The molecule has 0 bridgehead atoms. The summed E-state index contributed by atoms with van der Waals surface area (Å²) in [6.45, 7) is 8.21. The molecular weight excluding hydrogens is 268 g/mol. The minimum absolute atomic E-state index is 0.0899. The van der Waals surface area contributed by atoms with Crippen LogP contribution in [-0.2, 0) is 25.1 Å². The van der Waals surface area contributed by atoms with Gasteiger partial charge in [-0.3, -0.25) is 0 Å². The van der Waals surface area contributed by atoms with Gasteiger partial charge >= 0.3 is 0 Å². The Hall–Kier alpha value is -1.23. The second-order valence-electron chi connectivity index (χ2n) is 5.91. The quantitative estimate of drug-likeness (QED) is 0.888. The zero-order valence-corrected chi connectivity index (χ0v) is 13.1. The van der Waals surface area contributed by atoms with Crippen molar-refractivity contribution in [2.45, 2.75) is 45.9 Å². The molecule has 0 aliphatic rings. The number of thiazole rings is 1. The lowest BCUT2D eigenvalue weighted by molar-refractivity contribution is 0.280. The monoisotopic (exact) mass is 290 g/mol. The third kappa shape index (κ3) is 3.88. The van der Waals surface area contributed by atoms with Gasteiger partial charge in [-0.2, -0.15) is 0 Å². The average Bonchev–Trinajstić information content (AvgIpc) is 2.88. The van der Waals surface area contributed by atoms with Gasteiger partial charge in [0.25, 0.3) is 0 Å². The molecular formula is C16H22N2OS. The summed E-state index contributed by atoms with van der Waals surface area (Å²) in [5.74, 6) is 0. The fourth-order valence-corrected chi connectivity index (χ4v) is 2.88. The standard InChI is InChI=1S/C16H22N2OS/c1-16(2,3)15-18-10-14(20-15)9-17-8-12-6-4-5-7-13(12)11-19/h4-7,10,17,19H,8-9,11H2,1-3H3. The average molecular weight is 290 g/mol. The van der Waals surface area contributed by atoms with Crippen molar-refractivity contribution in [1.29, 1.82) is 0 Å². The Balaban J connectivity index is 1.91. The van der Waals surface area contributed by atoms with E-state index >= 15 is 0 Å². The first kappa shape index (κ1) is 15.2. The molecule has 0 aliphatic carbocycles. The first-order valence-electron chi connectivity index (χ1n) is 6.84. The minimum atomic E-state index is 0.0899. The van der Waals surface area contributed by atoms with Crippen molar-refractivity contribution in [3.8, 4) is 0 Å². The lowest BCUT2D eigenvalue weighted by Gasteiger charge is -2.13. The van der Waals surface area contributed by atoms with E-state index in [0.29, 0.717) is 0 Å². The first-order valence-corrected chi connectivity index (χ1v) is 7.66. The zero-order valence-electron chi connectivity index (χ0n) is 12.3. The van der Waals surface area contributed by atoms with Crippen LogP contribution in [0.15, 0.2) is 30.5 Å². The van der Waals surface area contributed by atoms with Gasteiger partial charge < -0.3 is 10.4 Å². The molecule has 0 aliphatic heterocycles. The normalized spacial score (nSPS) is 11.8. The fraction of sp³-hybridized carbons (Fsp3) is 0.438. The second-order valence-corrected chi connectivity index (χ2v) is 7.03. The van der Waals surface area contributed by atoms with Crippen molar-refractivity contribution in [2.75, 3.05) is 0 Å². The van der Waals surface area contributed by atoms with Crippen LogP contribution in [0.5, 0.6) is 0 Å². The summed E-state index contributed by atoms with van der Waals surface area (Å²) < 4.78 is 0. The maximum absolute atomic E-state index is 9.29. The lowest BCUT2D eigenvalue weighted by Crippen LogP contribution is -2.13. The molecule has 0 unspecified atom stereocenters. The Morgan fingerprint density at radius 3 is 2.45 bits per heavy atom. The van der Waals surface area contributed by atoms with Crippen molar-refractivity contribution >= 4 is 11.3 Å². The van der Waals surface area contributed by atoms with Crippen LogP contribution in [-0.4, -0.2) is 10.1 Å². The van der Waals surface area contributed by atoms with E-state index in [2.05, 4.69) is 31.1 Å². The smallest absolute Gasteiger partial charge is 0.0981 e. The molecule has 4 heteroatoms. The Labute approximate surface area is 124 Å². The van der Waals surface area contributed by atoms with Crippen LogP contribution in [0.1, 0.15) is 41.8 Å². The molecule has 0 fully saturated rings. The van der Waals surface area contributed by atoms with Crippen LogP contribution in [0.25, 0.3) is 0 Å². The van der Waals surface area contributed by atoms with E-state index in [1.165, 1.54) is 9.88 Å². The van der Waals surface area contributed by atoms with E-state index in [1.54, 1.807) is 11.3 Å². The van der Waals surface area contributed by atoms with Crippen molar-refractivity contribution in [3.05, 3.63) is 51.5 Å². The predicted molar refractivity (Wildman–Crippen MR) is 83.7 cm³/mol. The number of benzene rings is 1. The van der Waals surface area contributed by atoms with Gasteiger partial charge in [-0.15, -0.1) is 11.3 Å². The summed E-state index contributed by atoms with van der Waals surface area (Å²) in [5.41, 5.74) is 2.25. The zero-order chi connectivity index (χ0) is 14.6.